The van der Waals surface area contributed by atoms with Crippen molar-refractivity contribution in [1.82, 2.24) is 9.97 Å². The summed E-state index contributed by atoms with van der Waals surface area (Å²) < 4.78 is 24.1. The van der Waals surface area contributed by atoms with E-state index in [0.717, 1.165) is 22.2 Å². The van der Waals surface area contributed by atoms with E-state index in [1.807, 2.05) is 31.2 Å². The van der Waals surface area contributed by atoms with Gasteiger partial charge in [-0.2, -0.15) is 0 Å². The van der Waals surface area contributed by atoms with Crippen molar-refractivity contribution in [3.8, 4) is 22.9 Å². The second-order valence-corrected chi connectivity index (χ2v) is 6.80. The first kappa shape index (κ1) is 19.4. The molecule has 0 atom stereocenters. The molecule has 3 aromatic carbocycles. The molecule has 152 valence electrons. The number of fused-ring (bicyclic) bond motifs is 1. The van der Waals surface area contributed by atoms with Gasteiger partial charge in [0, 0.05) is 28.9 Å². The molecule has 0 saturated heterocycles. The van der Waals surface area contributed by atoms with Gasteiger partial charge in [0.2, 0.25) is 0 Å². The number of carbonyl (C=O) groups excluding carboxylic acids is 1. The van der Waals surface area contributed by atoms with Gasteiger partial charge in [-0.1, -0.05) is 18.2 Å². The summed E-state index contributed by atoms with van der Waals surface area (Å²) in [6, 6.07) is 14.8. The molecule has 0 bridgehead atoms. The quantitative estimate of drug-likeness (QED) is 0.493. The van der Waals surface area contributed by atoms with E-state index < -0.39 is 5.82 Å². The van der Waals surface area contributed by atoms with E-state index >= 15 is 0 Å². The molecule has 4 aromatic rings. The van der Waals surface area contributed by atoms with Crippen molar-refractivity contribution in [1.29, 1.82) is 0 Å². The van der Waals surface area contributed by atoms with Crippen LogP contribution in [0.1, 0.15) is 15.9 Å². The third-order valence-electron chi connectivity index (χ3n) is 4.83. The van der Waals surface area contributed by atoms with Crippen molar-refractivity contribution in [2.45, 2.75) is 6.92 Å². The largest absolute Gasteiger partial charge is 0.493 e. The van der Waals surface area contributed by atoms with Gasteiger partial charge in [0.05, 0.1) is 25.3 Å². The van der Waals surface area contributed by atoms with Crippen molar-refractivity contribution in [3.63, 3.8) is 0 Å². The van der Waals surface area contributed by atoms with Gasteiger partial charge < -0.3 is 19.8 Å². The van der Waals surface area contributed by atoms with Crippen LogP contribution in [0.15, 0.2) is 54.6 Å². The zero-order valence-electron chi connectivity index (χ0n) is 16.7. The number of halogens is 1. The van der Waals surface area contributed by atoms with Crippen molar-refractivity contribution in [2.75, 3.05) is 19.5 Å². The Bertz CT molecular complexity index is 1210. The Morgan fingerprint density at radius 2 is 1.80 bits per heavy atom. The molecule has 0 unspecified atom stereocenters. The number of hydrogen-bond acceptors (Lipinski definition) is 4. The summed E-state index contributed by atoms with van der Waals surface area (Å²) in [5, 5.41) is 2.85. The van der Waals surface area contributed by atoms with Crippen LogP contribution in [0.25, 0.3) is 22.4 Å². The predicted octanol–water partition coefficient (Wildman–Crippen LogP) is 4.95. The van der Waals surface area contributed by atoms with Crippen LogP contribution >= 0.6 is 0 Å². The minimum Gasteiger partial charge on any atom is -0.493 e. The molecule has 1 aromatic heterocycles. The molecule has 0 fully saturated rings. The number of benzene rings is 3. The molecular weight excluding hydrogens is 385 g/mol. The summed E-state index contributed by atoms with van der Waals surface area (Å²) in [7, 11) is 3.15. The van der Waals surface area contributed by atoms with Crippen LogP contribution in [0, 0.1) is 12.7 Å². The number of ether oxygens (including phenoxy) is 2. The lowest BCUT2D eigenvalue weighted by Gasteiger charge is -2.10. The molecule has 4 rings (SSSR count). The zero-order chi connectivity index (χ0) is 21.3. The second kappa shape index (κ2) is 7.87. The number of aromatic nitrogens is 2. The number of nitrogens with zero attached hydrogens (tertiary/aromatic N) is 1. The third kappa shape index (κ3) is 3.69. The highest BCUT2D eigenvalue weighted by Gasteiger charge is 2.13. The van der Waals surface area contributed by atoms with Crippen LogP contribution in [0.4, 0.5) is 10.1 Å². The Kier molecular flexibility index (Phi) is 5.10. The van der Waals surface area contributed by atoms with Crippen LogP contribution in [0.5, 0.6) is 11.5 Å². The first-order valence-electron chi connectivity index (χ1n) is 9.28. The Balaban J connectivity index is 1.68. The number of aryl methyl sites for hydroxylation is 1. The first-order valence-corrected chi connectivity index (χ1v) is 9.28. The summed E-state index contributed by atoms with van der Waals surface area (Å²) in [4.78, 5) is 20.4. The highest BCUT2D eigenvalue weighted by molar-refractivity contribution is 6.05. The van der Waals surface area contributed by atoms with Gasteiger partial charge >= 0.3 is 0 Å². The molecule has 0 aliphatic rings. The Morgan fingerprint density at radius 3 is 2.53 bits per heavy atom. The fourth-order valence-electron chi connectivity index (χ4n) is 3.20. The van der Waals surface area contributed by atoms with Crippen LogP contribution in [-0.4, -0.2) is 30.1 Å². The molecule has 0 aliphatic carbocycles. The lowest BCUT2D eigenvalue weighted by atomic mass is 10.1. The number of H-pyrrole nitrogens is 1. The fraction of sp³-hybridized carbons (Fsp3) is 0.130. The van der Waals surface area contributed by atoms with Crippen LogP contribution in [0.2, 0.25) is 0 Å². The average Bonchev–Trinajstić information content (AvgIpc) is 3.17. The van der Waals surface area contributed by atoms with Crippen molar-refractivity contribution < 1.29 is 18.7 Å². The lowest BCUT2D eigenvalue weighted by Crippen LogP contribution is -2.13. The van der Waals surface area contributed by atoms with E-state index in [9.17, 15) is 9.18 Å². The number of methoxy groups -OCH3 is 2. The van der Waals surface area contributed by atoms with E-state index in [4.69, 9.17) is 9.47 Å². The second-order valence-electron chi connectivity index (χ2n) is 6.80. The van der Waals surface area contributed by atoms with E-state index in [0.29, 0.717) is 23.0 Å². The number of amides is 1. The summed E-state index contributed by atoms with van der Waals surface area (Å²) in [6.45, 7) is 1.89. The van der Waals surface area contributed by atoms with Gasteiger partial charge in [-0.3, -0.25) is 4.79 Å². The SMILES string of the molecule is COc1cc2nc(-c3ccc(C)c(NC(=O)c4cccc(F)c4)c3)[nH]c2cc1OC. The molecule has 6 nitrogen and oxygen atoms in total. The van der Waals surface area contributed by atoms with E-state index in [1.54, 1.807) is 26.4 Å². The molecule has 30 heavy (non-hydrogen) atoms. The Labute approximate surface area is 172 Å². The summed E-state index contributed by atoms with van der Waals surface area (Å²) in [5.41, 5.74) is 4.08. The monoisotopic (exact) mass is 405 g/mol. The zero-order valence-corrected chi connectivity index (χ0v) is 16.7. The molecule has 0 radical (unpaired) electrons. The van der Waals surface area contributed by atoms with Crippen LogP contribution in [-0.2, 0) is 0 Å². The maximum absolute atomic E-state index is 13.4. The molecule has 2 N–H and O–H groups in total. The highest BCUT2D eigenvalue weighted by atomic mass is 19.1. The molecule has 7 heteroatoms. The average molecular weight is 405 g/mol. The minimum atomic E-state index is -0.457. The predicted molar refractivity (Wildman–Crippen MR) is 114 cm³/mol. The Hall–Kier alpha value is -3.87. The van der Waals surface area contributed by atoms with Crippen molar-refractivity contribution in [2.24, 2.45) is 0 Å². The topological polar surface area (TPSA) is 76.2 Å². The number of rotatable bonds is 5. The van der Waals surface area contributed by atoms with Crippen LogP contribution in [0.3, 0.4) is 0 Å². The third-order valence-corrected chi connectivity index (χ3v) is 4.83. The number of imidazole rings is 1. The molecule has 1 amide bonds. The number of nitrogens with one attached hydrogen (secondary N) is 2. The molecule has 0 spiro atoms. The van der Waals surface area contributed by atoms with Gasteiger partial charge in [-0.05, 0) is 36.8 Å². The fourth-order valence-corrected chi connectivity index (χ4v) is 3.20. The van der Waals surface area contributed by atoms with Gasteiger partial charge in [0.1, 0.15) is 11.6 Å². The van der Waals surface area contributed by atoms with Gasteiger partial charge in [0.15, 0.2) is 11.5 Å². The molecule has 1 heterocycles. The number of aromatic amines is 1. The summed E-state index contributed by atoms with van der Waals surface area (Å²) >= 11 is 0. The highest BCUT2D eigenvalue weighted by Crippen LogP contribution is 2.33. The van der Waals surface area contributed by atoms with E-state index in [2.05, 4.69) is 15.3 Å². The molecule has 0 aliphatic heterocycles. The van der Waals surface area contributed by atoms with E-state index in [-0.39, 0.29) is 11.5 Å². The standard InChI is InChI=1S/C23H20FN3O3/c1-13-7-8-14(10-17(13)27-23(28)15-5-4-6-16(24)9-15)22-25-18-11-20(29-2)21(30-3)12-19(18)26-22/h4-12H,1-3H3,(H,25,26)(H,27,28). The molecular formula is C23H20FN3O3. The van der Waals surface area contributed by atoms with Crippen molar-refractivity contribution >= 4 is 22.6 Å². The van der Waals surface area contributed by atoms with E-state index in [1.165, 1.54) is 18.2 Å². The Morgan fingerprint density at radius 1 is 1.03 bits per heavy atom. The number of hydrogen-bond donors (Lipinski definition) is 2. The minimum absolute atomic E-state index is 0.253. The number of anilines is 1. The summed E-state index contributed by atoms with van der Waals surface area (Å²) in [5.74, 6) is 0.999. The van der Waals surface area contributed by atoms with Gasteiger partial charge in [-0.25, -0.2) is 9.37 Å². The maximum atomic E-state index is 13.4. The van der Waals surface area contributed by atoms with Crippen molar-refractivity contribution in [3.05, 3.63) is 71.5 Å². The summed E-state index contributed by atoms with van der Waals surface area (Å²) in [6.07, 6.45) is 0. The lowest BCUT2D eigenvalue weighted by molar-refractivity contribution is 0.102. The smallest absolute Gasteiger partial charge is 0.255 e. The maximum Gasteiger partial charge on any atom is 0.255 e. The normalized spacial score (nSPS) is 10.8. The van der Waals surface area contributed by atoms with Crippen LogP contribution < -0.4 is 14.8 Å². The first-order chi connectivity index (χ1) is 14.5. The number of carbonyl (C=O) groups is 1. The van der Waals surface area contributed by atoms with Gasteiger partial charge in [-0.15, -0.1) is 0 Å². The van der Waals surface area contributed by atoms with Gasteiger partial charge in [0.25, 0.3) is 5.91 Å². The molecule has 0 saturated carbocycles.